The van der Waals surface area contributed by atoms with E-state index in [0.717, 1.165) is 18.2 Å². The van der Waals surface area contributed by atoms with Gasteiger partial charge in [0.15, 0.2) is 5.69 Å². The number of anilines is 3. The predicted molar refractivity (Wildman–Crippen MR) is 83.7 cm³/mol. The molecule has 0 saturated heterocycles. The summed E-state index contributed by atoms with van der Waals surface area (Å²) in [6.07, 6.45) is -4.71. The number of hydrogen-bond acceptors (Lipinski definition) is 5. The fourth-order valence-electron chi connectivity index (χ4n) is 1.86. The Labute approximate surface area is 140 Å². The molecule has 0 unspecified atom stereocenters. The lowest BCUT2D eigenvalue weighted by atomic mass is 10.3. The van der Waals surface area contributed by atoms with E-state index in [2.05, 4.69) is 20.6 Å². The highest BCUT2D eigenvalue weighted by Crippen LogP contribution is 2.30. The van der Waals surface area contributed by atoms with E-state index < -0.39 is 23.5 Å². The first-order chi connectivity index (χ1) is 11.6. The number of hydrogen-bond donors (Lipinski definition) is 2. The molecule has 136 valence electrons. The van der Waals surface area contributed by atoms with Gasteiger partial charge in [0.1, 0.15) is 17.5 Å². The molecule has 25 heavy (non-hydrogen) atoms. The van der Waals surface area contributed by atoms with E-state index in [0.29, 0.717) is 19.2 Å². The van der Waals surface area contributed by atoms with Crippen LogP contribution in [0.4, 0.5) is 39.4 Å². The van der Waals surface area contributed by atoms with Gasteiger partial charge in [-0.05, 0) is 26.2 Å². The molecule has 0 radical (unpaired) electrons. The molecule has 2 N–H and O–H groups in total. The van der Waals surface area contributed by atoms with Gasteiger partial charge in [-0.25, -0.2) is 13.8 Å². The Balaban J connectivity index is 2.30. The number of halogens is 5. The average Bonchev–Trinajstić information content (AvgIpc) is 2.49. The van der Waals surface area contributed by atoms with Crippen LogP contribution < -0.4 is 10.6 Å². The second-order valence-electron chi connectivity index (χ2n) is 5.44. The Bertz CT molecular complexity index is 733. The van der Waals surface area contributed by atoms with Gasteiger partial charge in [-0.2, -0.15) is 18.2 Å². The summed E-state index contributed by atoms with van der Waals surface area (Å²) in [6, 6.07) is 3.21. The first kappa shape index (κ1) is 18.8. The number of alkyl halides is 3. The minimum atomic E-state index is -4.71. The van der Waals surface area contributed by atoms with Gasteiger partial charge in [0.25, 0.3) is 0 Å². The van der Waals surface area contributed by atoms with Crippen LogP contribution in [-0.2, 0) is 6.18 Å². The van der Waals surface area contributed by atoms with Crippen molar-refractivity contribution in [3.8, 4) is 0 Å². The molecular formula is C15H16F5N5. The minimum Gasteiger partial charge on any atom is -0.353 e. The lowest BCUT2D eigenvalue weighted by Gasteiger charge is -2.14. The molecule has 0 aliphatic heterocycles. The summed E-state index contributed by atoms with van der Waals surface area (Å²) in [7, 11) is 3.60. The van der Waals surface area contributed by atoms with Gasteiger partial charge in [-0.15, -0.1) is 0 Å². The number of rotatable bonds is 6. The van der Waals surface area contributed by atoms with Crippen LogP contribution in [0, 0.1) is 11.6 Å². The molecule has 1 aromatic heterocycles. The van der Waals surface area contributed by atoms with Crippen molar-refractivity contribution in [1.29, 1.82) is 0 Å². The van der Waals surface area contributed by atoms with Crippen LogP contribution in [0.3, 0.4) is 0 Å². The number of aromatic nitrogens is 2. The number of nitrogens with one attached hydrogen (secondary N) is 2. The normalized spacial score (nSPS) is 11.7. The Morgan fingerprint density at radius 2 is 1.80 bits per heavy atom. The molecule has 1 aromatic carbocycles. The molecule has 0 aliphatic rings. The van der Waals surface area contributed by atoms with Gasteiger partial charge in [0.2, 0.25) is 5.95 Å². The third-order valence-electron chi connectivity index (χ3n) is 3.05. The maximum atomic E-state index is 13.7. The van der Waals surface area contributed by atoms with E-state index in [-0.39, 0.29) is 17.5 Å². The zero-order valence-electron chi connectivity index (χ0n) is 13.5. The van der Waals surface area contributed by atoms with Crippen LogP contribution in [0.5, 0.6) is 0 Å². The highest BCUT2D eigenvalue weighted by atomic mass is 19.4. The Kier molecular flexibility index (Phi) is 5.73. The molecule has 2 aromatic rings. The Morgan fingerprint density at radius 1 is 1.08 bits per heavy atom. The molecule has 0 aliphatic carbocycles. The number of benzene rings is 1. The monoisotopic (exact) mass is 361 g/mol. The zero-order valence-corrected chi connectivity index (χ0v) is 13.5. The van der Waals surface area contributed by atoms with Crippen LogP contribution in [0.2, 0.25) is 0 Å². The Hall–Kier alpha value is -2.49. The lowest BCUT2D eigenvalue weighted by molar-refractivity contribution is -0.141. The summed E-state index contributed by atoms with van der Waals surface area (Å²) < 4.78 is 65.8. The van der Waals surface area contributed by atoms with Crippen molar-refractivity contribution in [2.45, 2.75) is 6.18 Å². The fraction of sp³-hybridized carbons (Fsp3) is 0.333. The molecule has 2 rings (SSSR count). The summed E-state index contributed by atoms with van der Waals surface area (Å²) >= 11 is 0. The molecule has 5 nitrogen and oxygen atoms in total. The molecular weight excluding hydrogens is 345 g/mol. The lowest BCUT2D eigenvalue weighted by Crippen LogP contribution is -2.22. The molecule has 0 atom stereocenters. The second-order valence-corrected chi connectivity index (χ2v) is 5.44. The average molecular weight is 361 g/mol. The maximum absolute atomic E-state index is 13.7. The van der Waals surface area contributed by atoms with Crippen molar-refractivity contribution < 1.29 is 22.0 Å². The second kappa shape index (κ2) is 7.60. The van der Waals surface area contributed by atoms with Crippen LogP contribution in [0.15, 0.2) is 24.3 Å². The maximum Gasteiger partial charge on any atom is 0.433 e. The van der Waals surface area contributed by atoms with Crippen molar-refractivity contribution >= 4 is 17.5 Å². The highest BCUT2D eigenvalue weighted by Gasteiger charge is 2.33. The quantitative estimate of drug-likeness (QED) is 0.772. The number of likely N-dealkylation sites (N-methyl/N-ethyl adjacent to an activating group) is 1. The topological polar surface area (TPSA) is 53.1 Å². The first-order valence-corrected chi connectivity index (χ1v) is 7.22. The first-order valence-electron chi connectivity index (χ1n) is 7.22. The smallest absolute Gasteiger partial charge is 0.353 e. The summed E-state index contributed by atoms with van der Waals surface area (Å²) in [5.74, 6) is -2.14. The zero-order chi connectivity index (χ0) is 18.6. The molecule has 0 amide bonds. The van der Waals surface area contributed by atoms with Gasteiger partial charge < -0.3 is 15.5 Å². The minimum absolute atomic E-state index is 0.268. The molecule has 10 heteroatoms. The van der Waals surface area contributed by atoms with Gasteiger partial charge >= 0.3 is 6.18 Å². The predicted octanol–water partition coefficient (Wildman–Crippen LogP) is 3.49. The molecule has 1 heterocycles. The van der Waals surface area contributed by atoms with Crippen LogP contribution in [-0.4, -0.2) is 42.1 Å². The van der Waals surface area contributed by atoms with Crippen LogP contribution in [0.25, 0.3) is 0 Å². The van der Waals surface area contributed by atoms with E-state index in [1.54, 1.807) is 14.1 Å². The van der Waals surface area contributed by atoms with Gasteiger partial charge in [-0.1, -0.05) is 0 Å². The fourth-order valence-corrected chi connectivity index (χ4v) is 1.86. The molecule has 0 saturated carbocycles. The van der Waals surface area contributed by atoms with Gasteiger partial charge in [-0.3, -0.25) is 0 Å². The SMILES string of the molecule is CN(C)CCNc1nc(Nc2cc(F)ccc2F)cc(C(F)(F)F)n1. The molecule has 0 bridgehead atoms. The van der Waals surface area contributed by atoms with Crippen molar-refractivity contribution in [3.63, 3.8) is 0 Å². The highest BCUT2D eigenvalue weighted by molar-refractivity contribution is 5.58. The van der Waals surface area contributed by atoms with E-state index >= 15 is 0 Å². The van der Waals surface area contributed by atoms with Crippen LogP contribution >= 0.6 is 0 Å². The van der Waals surface area contributed by atoms with Crippen molar-refractivity contribution in [1.82, 2.24) is 14.9 Å². The number of nitrogens with zero attached hydrogens (tertiary/aromatic N) is 3. The van der Waals surface area contributed by atoms with E-state index in [9.17, 15) is 22.0 Å². The van der Waals surface area contributed by atoms with Crippen molar-refractivity contribution in [2.24, 2.45) is 0 Å². The third kappa shape index (κ3) is 5.52. The van der Waals surface area contributed by atoms with E-state index in [1.165, 1.54) is 0 Å². The van der Waals surface area contributed by atoms with Crippen molar-refractivity contribution in [3.05, 3.63) is 41.6 Å². The van der Waals surface area contributed by atoms with E-state index in [1.807, 2.05) is 4.90 Å². The molecule has 0 fully saturated rings. The standard InChI is InChI=1S/C15H16F5N5/c1-25(2)6-5-21-14-23-12(15(18,19)20)8-13(24-14)22-11-7-9(16)3-4-10(11)17/h3-4,7-8H,5-6H2,1-2H3,(H2,21,22,23,24). The summed E-state index contributed by atoms with van der Waals surface area (Å²) in [5.41, 5.74) is -1.53. The largest absolute Gasteiger partial charge is 0.433 e. The van der Waals surface area contributed by atoms with Gasteiger partial charge in [0.05, 0.1) is 5.69 Å². The third-order valence-corrected chi connectivity index (χ3v) is 3.05. The van der Waals surface area contributed by atoms with Crippen molar-refractivity contribution in [2.75, 3.05) is 37.8 Å². The summed E-state index contributed by atoms with van der Waals surface area (Å²) in [5, 5.41) is 5.02. The van der Waals surface area contributed by atoms with E-state index in [4.69, 9.17) is 0 Å². The van der Waals surface area contributed by atoms with Gasteiger partial charge in [0, 0.05) is 25.2 Å². The summed E-state index contributed by atoms with van der Waals surface area (Å²) in [6.45, 7) is 0.850. The molecule has 0 spiro atoms. The Morgan fingerprint density at radius 3 is 2.44 bits per heavy atom. The summed E-state index contributed by atoms with van der Waals surface area (Å²) in [4.78, 5) is 9.10. The van der Waals surface area contributed by atoms with Crippen LogP contribution in [0.1, 0.15) is 5.69 Å².